The summed E-state index contributed by atoms with van der Waals surface area (Å²) in [4.78, 5) is 9.25. The summed E-state index contributed by atoms with van der Waals surface area (Å²) in [6.07, 6.45) is 2.16. The number of hydrogen-bond acceptors (Lipinski definition) is 1. The molecular weight excluding hydrogens is 164 g/mol. The van der Waals surface area contributed by atoms with Crippen molar-refractivity contribution in [2.45, 2.75) is 41.0 Å². The van der Waals surface area contributed by atoms with Crippen molar-refractivity contribution in [1.82, 2.24) is 0 Å². The number of carboxylic acids is 1. The number of carbonyl (C=O) groups is 1. The largest absolute Gasteiger partial charge is 0.478 e. The van der Waals surface area contributed by atoms with Gasteiger partial charge in [0.05, 0.1) is 0 Å². The van der Waals surface area contributed by atoms with Gasteiger partial charge in [-0.3, -0.25) is 0 Å². The molecule has 0 radical (unpaired) electrons. The lowest BCUT2D eigenvalue weighted by atomic mass is 9.86. The van der Waals surface area contributed by atoms with Crippen LogP contribution in [0.15, 0.2) is 12.7 Å². The fourth-order valence-electron chi connectivity index (χ4n) is 1.22. The first kappa shape index (κ1) is 14.7. The average Bonchev–Trinajstić information content (AvgIpc) is 1.83. The summed E-state index contributed by atoms with van der Waals surface area (Å²) in [5.41, 5.74) is 0.522. The van der Waals surface area contributed by atoms with Gasteiger partial charge in [-0.15, -0.1) is 0 Å². The summed E-state index contributed by atoms with van der Waals surface area (Å²) in [5, 5.41) is 7.60. The van der Waals surface area contributed by atoms with E-state index in [9.17, 15) is 4.79 Å². The smallest absolute Gasteiger partial charge is 0.327 e. The van der Waals surface area contributed by atoms with Crippen molar-refractivity contribution < 1.29 is 9.90 Å². The molecule has 0 fully saturated rings. The minimum Gasteiger partial charge on any atom is -0.478 e. The Morgan fingerprint density at radius 3 is 1.77 bits per heavy atom. The summed E-state index contributed by atoms with van der Waals surface area (Å²) < 4.78 is 0. The molecule has 0 bridgehead atoms. The molecule has 0 amide bonds. The lowest BCUT2D eigenvalue weighted by Crippen LogP contribution is -2.08. The SMILES string of the molecule is C=CC(=O)O.CC(C)CC(C)(C)C. The van der Waals surface area contributed by atoms with Crippen LogP contribution in [0.2, 0.25) is 0 Å². The summed E-state index contributed by atoms with van der Waals surface area (Å²) in [6, 6.07) is 0. The fraction of sp³-hybridized carbons (Fsp3) is 0.727. The molecule has 0 aliphatic carbocycles. The van der Waals surface area contributed by atoms with Crippen LogP contribution in [0.3, 0.4) is 0 Å². The minimum atomic E-state index is -0.981. The minimum absolute atomic E-state index is 0.522. The highest BCUT2D eigenvalue weighted by molar-refractivity contribution is 5.78. The van der Waals surface area contributed by atoms with E-state index >= 15 is 0 Å². The van der Waals surface area contributed by atoms with Crippen LogP contribution in [0.1, 0.15) is 41.0 Å². The van der Waals surface area contributed by atoms with Crippen molar-refractivity contribution in [2.75, 3.05) is 0 Å². The fourth-order valence-corrected chi connectivity index (χ4v) is 1.22. The Bertz CT molecular complexity index is 152. The maximum Gasteiger partial charge on any atom is 0.327 e. The van der Waals surface area contributed by atoms with Gasteiger partial charge in [-0.25, -0.2) is 4.79 Å². The third-order valence-corrected chi connectivity index (χ3v) is 1.20. The summed E-state index contributed by atoms with van der Waals surface area (Å²) >= 11 is 0. The van der Waals surface area contributed by atoms with E-state index in [0.29, 0.717) is 5.41 Å². The number of carboxylic acid groups (broad SMARTS) is 1. The molecule has 0 heterocycles. The highest BCUT2D eigenvalue weighted by Gasteiger charge is 2.11. The maximum absolute atomic E-state index is 9.25. The molecule has 0 spiro atoms. The highest BCUT2D eigenvalue weighted by atomic mass is 16.4. The molecule has 0 aliphatic rings. The van der Waals surface area contributed by atoms with Crippen molar-refractivity contribution in [1.29, 1.82) is 0 Å². The second-order valence-electron chi connectivity index (χ2n) is 4.70. The Kier molecular flexibility index (Phi) is 7.58. The van der Waals surface area contributed by atoms with Crippen LogP contribution in [-0.4, -0.2) is 11.1 Å². The number of hydrogen-bond donors (Lipinski definition) is 1. The molecule has 1 N–H and O–H groups in total. The molecule has 78 valence electrons. The van der Waals surface area contributed by atoms with Gasteiger partial charge >= 0.3 is 5.97 Å². The molecule has 0 aromatic rings. The Labute approximate surface area is 81.7 Å². The maximum atomic E-state index is 9.25. The molecule has 0 aromatic carbocycles. The van der Waals surface area contributed by atoms with Crippen molar-refractivity contribution in [2.24, 2.45) is 11.3 Å². The molecule has 0 atom stereocenters. The van der Waals surface area contributed by atoms with E-state index in [-0.39, 0.29) is 0 Å². The summed E-state index contributed by atoms with van der Waals surface area (Å²) in [6.45, 7) is 14.4. The topological polar surface area (TPSA) is 37.3 Å². The predicted molar refractivity (Wildman–Crippen MR) is 56.7 cm³/mol. The molecule has 0 rings (SSSR count). The van der Waals surface area contributed by atoms with Gasteiger partial charge in [0, 0.05) is 6.08 Å². The van der Waals surface area contributed by atoms with Gasteiger partial charge < -0.3 is 5.11 Å². The predicted octanol–water partition coefficient (Wildman–Crippen LogP) is 3.34. The Morgan fingerprint density at radius 1 is 1.46 bits per heavy atom. The van der Waals surface area contributed by atoms with Crippen LogP contribution >= 0.6 is 0 Å². The van der Waals surface area contributed by atoms with Crippen molar-refractivity contribution >= 4 is 5.97 Å². The molecule has 2 heteroatoms. The zero-order valence-corrected chi connectivity index (χ0v) is 9.42. The second kappa shape index (κ2) is 6.70. The Hall–Kier alpha value is -0.790. The van der Waals surface area contributed by atoms with Crippen LogP contribution in [0.4, 0.5) is 0 Å². The lowest BCUT2D eigenvalue weighted by Gasteiger charge is -2.19. The molecular formula is C11H22O2. The van der Waals surface area contributed by atoms with Crippen LogP contribution in [0, 0.1) is 11.3 Å². The van der Waals surface area contributed by atoms with E-state index in [1.54, 1.807) is 0 Å². The van der Waals surface area contributed by atoms with Crippen molar-refractivity contribution in [3.8, 4) is 0 Å². The second-order valence-corrected chi connectivity index (χ2v) is 4.70. The monoisotopic (exact) mass is 186 g/mol. The van der Waals surface area contributed by atoms with Gasteiger partial charge in [-0.05, 0) is 17.8 Å². The van der Waals surface area contributed by atoms with Crippen LogP contribution in [0.5, 0.6) is 0 Å². The standard InChI is InChI=1S/C8H18.C3H4O2/c1-7(2)6-8(3,4)5;1-2-3(4)5/h7H,6H2,1-5H3;2H,1H2,(H,4,5). The molecule has 0 unspecified atom stereocenters. The normalized spacial score (nSPS) is 10.3. The van der Waals surface area contributed by atoms with Gasteiger partial charge in [-0.1, -0.05) is 41.2 Å². The molecule has 13 heavy (non-hydrogen) atoms. The quantitative estimate of drug-likeness (QED) is 0.671. The highest BCUT2D eigenvalue weighted by Crippen LogP contribution is 2.23. The molecule has 0 aromatic heterocycles. The van der Waals surface area contributed by atoms with Crippen LogP contribution < -0.4 is 0 Å². The zero-order chi connectivity index (χ0) is 11.1. The first-order valence-corrected chi connectivity index (χ1v) is 4.54. The van der Waals surface area contributed by atoms with E-state index in [0.717, 1.165) is 12.0 Å². The molecule has 0 saturated heterocycles. The molecule has 0 aliphatic heterocycles. The molecule has 2 nitrogen and oxygen atoms in total. The van der Waals surface area contributed by atoms with E-state index in [1.165, 1.54) is 6.42 Å². The van der Waals surface area contributed by atoms with Crippen molar-refractivity contribution in [3.05, 3.63) is 12.7 Å². The van der Waals surface area contributed by atoms with Crippen LogP contribution in [-0.2, 0) is 4.79 Å². The third-order valence-electron chi connectivity index (χ3n) is 1.20. The first-order chi connectivity index (χ1) is 5.69. The Morgan fingerprint density at radius 2 is 1.77 bits per heavy atom. The van der Waals surface area contributed by atoms with E-state index < -0.39 is 5.97 Å². The number of rotatable bonds is 2. The Balaban J connectivity index is 0. The molecule has 0 saturated carbocycles. The average molecular weight is 186 g/mol. The van der Waals surface area contributed by atoms with E-state index in [4.69, 9.17) is 5.11 Å². The first-order valence-electron chi connectivity index (χ1n) is 4.54. The van der Waals surface area contributed by atoms with E-state index in [1.807, 2.05) is 0 Å². The van der Waals surface area contributed by atoms with Gasteiger partial charge in [0.25, 0.3) is 0 Å². The zero-order valence-electron chi connectivity index (χ0n) is 9.42. The van der Waals surface area contributed by atoms with Crippen molar-refractivity contribution in [3.63, 3.8) is 0 Å². The lowest BCUT2D eigenvalue weighted by molar-refractivity contribution is -0.131. The third kappa shape index (κ3) is 24.7. The summed E-state index contributed by atoms with van der Waals surface area (Å²) in [5.74, 6) is -0.139. The van der Waals surface area contributed by atoms with Gasteiger partial charge in [0.1, 0.15) is 0 Å². The summed E-state index contributed by atoms with van der Waals surface area (Å²) in [7, 11) is 0. The number of aliphatic carboxylic acids is 1. The van der Waals surface area contributed by atoms with Gasteiger partial charge in [0.15, 0.2) is 0 Å². The van der Waals surface area contributed by atoms with Gasteiger partial charge in [-0.2, -0.15) is 0 Å². The van der Waals surface area contributed by atoms with Crippen LogP contribution in [0.25, 0.3) is 0 Å². The van der Waals surface area contributed by atoms with E-state index in [2.05, 4.69) is 41.2 Å². The van der Waals surface area contributed by atoms with Gasteiger partial charge in [0.2, 0.25) is 0 Å².